The highest BCUT2D eigenvalue weighted by Gasteiger charge is 2.24. The van der Waals surface area contributed by atoms with E-state index in [1.807, 2.05) is 0 Å². The number of anilines is 2. The van der Waals surface area contributed by atoms with E-state index >= 15 is 0 Å². The quantitative estimate of drug-likeness (QED) is 0.301. The number of carbonyl (C=O) groups is 2. The molecule has 1 aliphatic heterocycles. The SMILES string of the molecule is O=C(Nc1ccccn1)c1ccc(C(=O)c2c[nH]c3ncnc(NC4CCC(CO)OC4)c23)cc1. The number of aliphatic hydroxyl groups is 1. The molecule has 4 aromatic rings. The van der Waals surface area contributed by atoms with Crippen molar-refractivity contribution in [2.75, 3.05) is 23.8 Å². The number of nitrogens with zero attached hydrogens (tertiary/aromatic N) is 3. The van der Waals surface area contributed by atoms with Crippen LogP contribution in [0.25, 0.3) is 11.0 Å². The number of ketones is 1. The van der Waals surface area contributed by atoms with Crippen molar-refractivity contribution in [2.24, 2.45) is 0 Å². The van der Waals surface area contributed by atoms with E-state index in [1.54, 1.807) is 54.9 Å². The summed E-state index contributed by atoms with van der Waals surface area (Å²) in [6.45, 7) is 0.441. The number of hydrogen-bond acceptors (Lipinski definition) is 8. The molecule has 10 heteroatoms. The Morgan fingerprint density at radius 3 is 2.60 bits per heavy atom. The van der Waals surface area contributed by atoms with Crippen molar-refractivity contribution in [1.29, 1.82) is 0 Å². The molecule has 0 saturated carbocycles. The van der Waals surface area contributed by atoms with Gasteiger partial charge < -0.3 is 25.5 Å². The van der Waals surface area contributed by atoms with Crippen molar-refractivity contribution < 1.29 is 19.4 Å². The van der Waals surface area contributed by atoms with Crippen LogP contribution in [0.1, 0.15) is 39.1 Å². The molecule has 0 bridgehead atoms. The Hall–Kier alpha value is -4.15. The molecule has 2 unspecified atom stereocenters. The standard InChI is InChI=1S/C25H24N6O4/c32-12-18-9-8-17(13-35-18)30-24-21-19(11-27-23(21)28-14-29-24)22(33)15-4-6-16(7-5-15)25(34)31-20-3-1-2-10-26-20/h1-7,10-11,14,17-18,32H,8-9,12-13H2,(H,26,31,34)(H2,27,28,29,30). The van der Waals surface area contributed by atoms with Crippen molar-refractivity contribution in [2.45, 2.75) is 25.0 Å². The van der Waals surface area contributed by atoms with Crippen LogP contribution in [0.4, 0.5) is 11.6 Å². The maximum absolute atomic E-state index is 13.4. The Balaban J connectivity index is 1.35. The van der Waals surface area contributed by atoms with E-state index in [1.165, 1.54) is 6.33 Å². The van der Waals surface area contributed by atoms with Gasteiger partial charge in [-0.2, -0.15) is 0 Å². The third-order valence-corrected chi connectivity index (χ3v) is 5.94. The first kappa shape index (κ1) is 22.6. The second kappa shape index (κ2) is 10.00. The molecule has 1 aliphatic rings. The molecular formula is C25H24N6O4. The maximum atomic E-state index is 13.4. The lowest BCUT2D eigenvalue weighted by atomic mass is 10.0. The molecule has 4 heterocycles. The number of nitrogens with one attached hydrogen (secondary N) is 3. The summed E-state index contributed by atoms with van der Waals surface area (Å²) >= 11 is 0. The van der Waals surface area contributed by atoms with Gasteiger partial charge in [0.05, 0.1) is 36.3 Å². The number of fused-ring (bicyclic) bond motifs is 1. The number of rotatable bonds is 7. The van der Waals surface area contributed by atoms with E-state index < -0.39 is 0 Å². The Labute approximate surface area is 200 Å². The van der Waals surface area contributed by atoms with Crippen molar-refractivity contribution in [3.8, 4) is 0 Å². The van der Waals surface area contributed by atoms with Crippen LogP contribution in [0, 0.1) is 0 Å². The van der Waals surface area contributed by atoms with Gasteiger partial charge in [0.2, 0.25) is 0 Å². The van der Waals surface area contributed by atoms with Crippen molar-refractivity contribution >= 4 is 34.4 Å². The summed E-state index contributed by atoms with van der Waals surface area (Å²) in [5.74, 6) is 0.465. The summed E-state index contributed by atoms with van der Waals surface area (Å²) in [4.78, 5) is 41.6. The van der Waals surface area contributed by atoms with E-state index in [2.05, 4.69) is 30.6 Å². The fourth-order valence-electron chi connectivity index (χ4n) is 4.06. The highest BCUT2D eigenvalue weighted by Crippen LogP contribution is 2.27. The molecule has 3 aromatic heterocycles. The number of carbonyl (C=O) groups excluding carboxylic acids is 2. The van der Waals surface area contributed by atoms with Crippen LogP contribution in [0.3, 0.4) is 0 Å². The Morgan fingerprint density at radius 1 is 1.06 bits per heavy atom. The van der Waals surface area contributed by atoms with E-state index in [0.717, 1.165) is 12.8 Å². The number of hydrogen-bond donors (Lipinski definition) is 4. The smallest absolute Gasteiger partial charge is 0.256 e. The van der Waals surface area contributed by atoms with Gasteiger partial charge in [0, 0.05) is 23.5 Å². The third kappa shape index (κ3) is 4.88. The lowest BCUT2D eigenvalue weighted by molar-refractivity contribution is -0.0224. The average Bonchev–Trinajstić information content (AvgIpc) is 3.35. The van der Waals surface area contributed by atoms with Crippen LogP contribution in [0.2, 0.25) is 0 Å². The predicted molar refractivity (Wildman–Crippen MR) is 129 cm³/mol. The molecule has 0 spiro atoms. The van der Waals surface area contributed by atoms with Gasteiger partial charge in [-0.3, -0.25) is 9.59 Å². The zero-order valence-corrected chi connectivity index (χ0v) is 18.8. The topological polar surface area (TPSA) is 142 Å². The molecule has 35 heavy (non-hydrogen) atoms. The number of pyridine rings is 1. The van der Waals surface area contributed by atoms with Crippen LogP contribution in [-0.2, 0) is 4.74 Å². The molecule has 5 rings (SSSR count). The number of H-pyrrole nitrogens is 1. The van der Waals surface area contributed by atoms with Crippen LogP contribution in [0.5, 0.6) is 0 Å². The monoisotopic (exact) mass is 472 g/mol. The fourth-order valence-corrected chi connectivity index (χ4v) is 4.06. The minimum atomic E-state index is -0.312. The molecule has 0 aliphatic carbocycles. The van der Waals surface area contributed by atoms with Gasteiger partial charge in [-0.25, -0.2) is 15.0 Å². The number of amides is 1. The molecular weight excluding hydrogens is 448 g/mol. The molecule has 2 atom stereocenters. The second-order valence-electron chi connectivity index (χ2n) is 8.28. The lowest BCUT2D eigenvalue weighted by Crippen LogP contribution is -2.36. The van der Waals surface area contributed by atoms with Crippen molar-refractivity contribution in [3.05, 3.63) is 77.9 Å². The molecule has 0 radical (unpaired) electrons. The van der Waals surface area contributed by atoms with Gasteiger partial charge in [-0.1, -0.05) is 18.2 Å². The maximum Gasteiger partial charge on any atom is 0.256 e. The summed E-state index contributed by atoms with van der Waals surface area (Å²) in [7, 11) is 0. The second-order valence-corrected chi connectivity index (χ2v) is 8.28. The van der Waals surface area contributed by atoms with Gasteiger partial charge in [0.25, 0.3) is 5.91 Å². The zero-order valence-electron chi connectivity index (χ0n) is 18.8. The average molecular weight is 473 g/mol. The first-order valence-corrected chi connectivity index (χ1v) is 11.3. The Bertz CT molecular complexity index is 1330. The minimum Gasteiger partial charge on any atom is -0.394 e. The van der Waals surface area contributed by atoms with E-state index in [4.69, 9.17) is 4.74 Å². The Kier molecular flexibility index (Phi) is 6.47. The van der Waals surface area contributed by atoms with Crippen LogP contribution in [0.15, 0.2) is 61.2 Å². The lowest BCUT2D eigenvalue weighted by Gasteiger charge is -2.29. The van der Waals surface area contributed by atoms with Crippen LogP contribution < -0.4 is 10.6 Å². The number of aromatic amines is 1. The van der Waals surface area contributed by atoms with Gasteiger partial charge in [0.1, 0.15) is 23.6 Å². The largest absolute Gasteiger partial charge is 0.394 e. The van der Waals surface area contributed by atoms with Crippen molar-refractivity contribution in [3.63, 3.8) is 0 Å². The summed E-state index contributed by atoms with van der Waals surface area (Å²) < 4.78 is 5.65. The summed E-state index contributed by atoms with van der Waals surface area (Å²) in [5, 5.41) is 15.9. The molecule has 1 aromatic carbocycles. The Morgan fingerprint density at radius 2 is 1.89 bits per heavy atom. The first-order valence-electron chi connectivity index (χ1n) is 11.3. The fraction of sp³-hybridized carbons (Fsp3) is 0.240. The summed E-state index contributed by atoms with van der Waals surface area (Å²) in [6, 6.07) is 11.7. The molecule has 10 nitrogen and oxygen atoms in total. The molecule has 1 fully saturated rings. The van der Waals surface area contributed by atoms with Gasteiger partial charge in [-0.05, 0) is 37.1 Å². The molecule has 1 saturated heterocycles. The van der Waals surface area contributed by atoms with Crippen LogP contribution in [-0.4, -0.2) is 62.1 Å². The first-order chi connectivity index (χ1) is 17.1. The third-order valence-electron chi connectivity index (χ3n) is 5.94. The van der Waals surface area contributed by atoms with E-state index in [-0.39, 0.29) is 30.4 Å². The predicted octanol–water partition coefficient (Wildman–Crippen LogP) is 2.79. The van der Waals surface area contributed by atoms with Crippen molar-refractivity contribution in [1.82, 2.24) is 19.9 Å². The van der Waals surface area contributed by atoms with Gasteiger partial charge in [-0.15, -0.1) is 0 Å². The summed E-state index contributed by atoms with van der Waals surface area (Å²) in [5.41, 5.74) is 1.82. The minimum absolute atomic E-state index is 0.00449. The highest BCUT2D eigenvalue weighted by atomic mass is 16.5. The highest BCUT2D eigenvalue weighted by molar-refractivity contribution is 6.18. The van der Waals surface area contributed by atoms with Gasteiger partial charge >= 0.3 is 0 Å². The molecule has 1 amide bonds. The normalized spacial score (nSPS) is 17.7. The van der Waals surface area contributed by atoms with Crippen LogP contribution >= 0.6 is 0 Å². The molecule has 4 N–H and O–H groups in total. The number of aromatic nitrogens is 4. The van der Waals surface area contributed by atoms with E-state index in [0.29, 0.717) is 46.0 Å². The van der Waals surface area contributed by atoms with Gasteiger partial charge in [0.15, 0.2) is 5.78 Å². The number of aliphatic hydroxyl groups excluding tert-OH is 1. The molecule has 178 valence electrons. The summed E-state index contributed by atoms with van der Waals surface area (Å²) in [6.07, 6.45) is 6.06. The number of benzene rings is 1. The number of ether oxygens (including phenoxy) is 1. The zero-order chi connectivity index (χ0) is 24.2. The van der Waals surface area contributed by atoms with E-state index in [9.17, 15) is 14.7 Å².